The highest BCUT2D eigenvalue weighted by Gasteiger charge is 2.14. The number of methoxy groups -OCH3 is 3. The molecule has 79 heavy (non-hydrogen) atoms. The molecule has 0 aromatic heterocycles. The van der Waals surface area contributed by atoms with Crippen LogP contribution in [0.3, 0.4) is 0 Å². The fourth-order valence-electron chi connectivity index (χ4n) is 6.91. The monoisotopic (exact) mass is 1530 g/mol. The molecule has 408 valence electrons. The number of para-hydroxylation sites is 1. The fourth-order valence-corrected chi connectivity index (χ4v) is 10.2. The third kappa shape index (κ3) is 19.8. The summed E-state index contributed by atoms with van der Waals surface area (Å²) in [5.41, 5.74) is 10.2. The number of benzene rings is 8. The third-order valence-electron chi connectivity index (χ3n) is 10.7. The van der Waals surface area contributed by atoms with Crippen molar-refractivity contribution in [1.82, 2.24) is 0 Å². The predicted molar refractivity (Wildman–Crippen MR) is 356 cm³/mol. The Bertz CT molecular complexity index is 3540. The van der Waals surface area contributed by atoms with E-state index < -0.39 is 0 Å². The maximum absolute atomic E-state index is 13.4. The number of aromatic hydroxyl groups is 4. The van der Waals surface area contributed by atoms with Crippen LogP contribution in [0.1, 0.15) is 57.5 Å². The van der Waals surface area contributed by atoms with Gasteiger partial charge in [-0.05, 0) is 243 Å². The van der Waals surface area contributed by atoms with Crippen molar-refractivity contribution in [1.29, 1.82) is 0 Å². The van der Waals surface area contributed by atoms with Gasteiger partial charge < -0.3 is 34.6 Å². The van der Waals surface area contributed by atoms with E-state index in [1.54, 1.807) is 82.4 Å². The molecule has 0 aliphatic carbocycles. The van der Waals surface area contributed by atoms with Gasteiger partial charge in [-0.1, -0.05) is 43.1 Å². The van der Waals surface area contributed by atoms with E-state index >= 15 is 0 Å². The van der Waals surface area contributed by atoms with Crippen molar-refractivity contribution in [2.24, 2.45) is 20.0 Å². The summed E-state index contributed by atoms with van der Waals surface area (Å²) in [7, 11) is 4.66. The van der Waals surface area contributed by atoms with Crippen LogP contribution in [0.2, 0.25) is 5.02 Å². The summed E-state index contributed by atoms with van der Waals surface area (Å²) in [5, 5.41) is 40.6. The number of nitrogens with zero attached hydrogens (tertiary/aromatic N) is 4. The molecule has 0 aliphatic rings. The lowest BCUT2D eigenvalue weighted by atomic mass is 10.1. The number of phenolic OH excluding ortho intramolecular Hbond substituents is 4. The van der Waals surface area contributed by atoms with Gasteiger partial charge in [-0.2, -0.15) is 0 Å². The molecule has 0 amide bonds. The molecule has 8 rings (SSSR count). The highest BCUT2D eigenvalue weighted by Crippen LogP contribution is 2.41. The second-order valence-electron chi connectivity index (χ2n) is 16.8. The maximum Gasteiger partial charge on any atom is 0.203 e. The zero-order valence-electron chi connectivity index (χ0n) is 43.2. The SMILES string of the molecule is C.C#Cc1cccc(N=Cc2cc(C)cc(I)c2O)c1.COc1cc(N=Cc2cc(C)cc(I)c2O)cc(OC)c1OC.Cc1cc(I)c(O)c(C=Nc2ccc(Cl)cc2)c1.Cc1cc(I)c(O)c(C=Nc2ccccc2F)c1. The van der Waals surface area contributed by atoms with Gasteiger partial charge in [0.25, 0.3) is 0 Å². The molecule has 0 radical (unpaired) electrons. The zero-order valence-corrected chi connectivity index (χ0v) is 52.5. The normalized spacial score (nSPS) is 10.7. The van der Waals surface area contributed by atoms with E-state index in [9.17, 15) is 24.8 Å². The summed E-state index contributed by atoms with van der Waals surface area (Å²) in [6.07, 6.45) is 11.8. The first kappa shape index (κ1) is 65.3. The number of aliphatic imine (C=N–C) groups is 4. The van der Waals surface area contributed by atoms with Gasteiger partial charge in [0.05, 0.1) is 58.4 Å². The van der Waals surface area contributed by atoms with Gasteiger partial charge in [0.2, 0.25) is 5.75 Å². The van der Waals surface area contributed by atoms with Crippen LogP contribution >= 0.6 is 102 Å². The number of rotatable bonds is 11. The first-order valence-corrected chi connectivity index (χ1v) is 27.9. The third-order valence-corrected chi connectivity index (χ3v) is 14.2. The van der Waals surface area contributed by atoms with Crippen molar-refractivity contribution in [3.05, 3.63) is 209 Å². The average Bonchev–Trinajstić information content (AvgIpc) is 3.42. The van der Waals surface area contributed by atoms with Crippen LogP contribution in [-0.4, -0.2) is 66.6 Å². The molecular formula is C62H56ClFI4N4O7. The minimum atomic E-state index is -0.379. The van der Waals surface area contributed by atoms with Crippen LogP contribution < -0.4 is 14.2 Å². The number of terminal acetylenes is 1. The van der Waals surface area contributed by atoms with Crippen LogP contribution in [0, 0.1) is 60.1 Å². The molecule has 0 spiro atoms. The topological polar surface area (TPSA) is 158 Å². The van der Waals surface area contributed by atoms with Crippen molar-refractivity contribution >= 4 is 150 Å². The van der Waals surface area contributed by atoms with Crippen LogP contribution in [0.4, 0.5) is 27.1 Å². The van der Waals surface area contributed by atoms with Crippen LogP contribution in [-0.2, 0) is 0 Å². The lowest BCUT2D eigenvalue weighted by Gasteiger charge is -2.12. The van der Waals surface area contributed by atoms with Crippen LogP contribution in [0.5, 0.6) is 40.2 Å². The van der Waals surface area contributed by atoms with E-state index in [-0.39, 0.29) is 41.9 Å². The Morgan fingerprint density at radius 2 is 0.873 bits per heavy atom. The predicted octanol–water partition coefficient (Wildman–Crippen LogP) is 17.7. The smallest absolute Gasteiger partial charge is 0.203 e. The summed E-state index contributed by atoms with van der Waals surface area (Å²) in [6, 6.07) is 39.5. The summed E-state index contributed by atoms with van der Waals surface area (Å²) >= 11 is 14.2. The highest BCUT2D eigenvalue weighted by atomic mass is 127. The Labute approximate surface area is 521 Å². The van der Waals surface area contributed by atoms with Crippen LogP contribution in [0.25, 0.3) is 0 Å². The van der Waals surface area contributed by atoms with Gasteiger partial charge in [0.15, 0.2) is 11.5 Å². The molecule has 0 atom stereocenters. The lowest BCUT2D eigenvalue weighted by Crippen LogP contribution is -1.94. The largest absolute Gasteiger partial charge is 0.506 e. The standard InChI is InChI=1S/C17H18INO4.C16H12INO.C14H11ClINO.C14H11FINO.CH4/c1-10-5-11(16(20)13(18)6-10)9-19-12-7-14(21-2)17(23-4)15(8-12)22-3;1-3-12-5-4-6-14(9-12)18-10-13-7-11(2)8-15(17)16(13)19;1-9-6-10(14(18)13(16)7-9)8-17-12-4-2-11(15)3-5-12;1-9-6-10(14(18)12(16)7-9)8-17-13-5-3-2-4-11(13)15;/h5-9,20H,1-4H3;1,4-10,19H,2H3;2*2-8,18H,1H3;1H4. The first-order valence-electron chi connectivity index (χ1n) is 23.2. The van der Waals surface area contributed by atoms with E-state index in [0.29, 0.717) is 50.2 Å². The van der Waals surface area contributed by atoms with Gasteiger partial charge in [-0.15, -0.1) is 6.42 Å². The van der Waals surface area contributed by atoms with E-state index in [0.717, 1.165) is 53.5 Å². The summed E-state index contributed by atoms with van der Waals surface area (Å²) in [6.45, 7) is 7.87. The molecule has 0 saturated heterocycles. The minimum Gasteiger partial charge on any atom is -0.506 e. The van der Waals surface area contributed by atoms with Gasteiger partial charge >= 0.3 is 0 Å². The summed E-state index contributed by atoms with van der Waals surface area (Å²) in [4.78, 5) is 17.1. The van der Waals surface area contributed by atoms with E-state index in [2.05, 4.69) is 116 Å². The molecule has 8 aromatic carbocycles. The molecule has 0 aliphatic heterocycles. The average molecular weight is 1530 g/mol. The first-order chi connectivity index (χ1) is 37.2. The Morgan fingerprint density at radius 3 is 1.27 bits per heavy atom. The summed E-state index contributed by atoms with van der Waals surface area (Å²) in [5.74, 6) is 4.67. The molecule has 0 fully saturated rings. The fraction of sp³-hybridized carbons (Fsp3) is 0.129. The number of hydrogen-bond donors (Lipinski definition) is 4. The van der Waals surface area contributed by atoms with E-state index in [4.69, 9.17) is 32.2 Å². The maximum atomic E-state index is 13.4. The highest BCUT2D eigenvalue weighted by molar-refractivity contribution is 14.1. The number of aryl methyl sites for hydroxylation is 4. The Hall–Kier alpha value is -6.26. The lowest BCUT2D eigenvalue weighted by molar-refractivity contribution is 0.324. The molecule has 4 N–H and O–H groups in total. The zero-order chi connectivity index (χ0) is 57.1. The van der Waals surface area contributed by atoms with E-state index in [1.807, 2.05) is 113 Å². The Morgan fingerprint density at radius 1 is 0.481 bits per heavy atom. The number of phenols is 4. The van der Waals surface area contributed by atoms with Gasteiger partial charge in [-0.3, -0.25) is 20.0 Å². The molecule has 0 unspecified atom stereocenters. The Kier molecular flexibility index (Phi) is 26.5. The number of ether oxygens (including phenoxy) is 3. The molecule has 0 saturated carbocycles. The number of hydrogen-bond acceptors (Lipinski definition) is 11. The second kappa shape index (κ2) is 32.1. The van der Waals surface area contributed by atoms with Crippen molar-refractivity contribution in [2.75, 3.05) is 21.3 Å². The van der Waals surface area contributed by atoms with Crippen molar-refractivity contribution in [3.8, 4) is 52.6 Å². The van der Waals surface area contributed by atoms with Gasteiger partial charge in [0, 0.05) is 69.8 Å². The molecule has 11 nitrogen and oxygen atoms in total. The molecular weight excluding hydrogens is 1470 g/mol. The number of halogens is 6. The minimum absolute atomic E-state index is 0. The summed E-state index contributed by atoms with van der Waals surface area (Å²) < 4.78 is 32.4. The van der Waals surface area contributed by atoms with Gasteiger partial charge in [0.1, 0.15) is 28.8 Å². The van der Waals surface area contributed by atoms with Crippen molar-refractivity contribution < 1.29 is 39.0 Å². The van der Waals surface area contributed by atoms with E-state index in [1.165, 1.54) is 12.3 Å². The molecule has 17 heteroatoms. The van der Waals surface area contributed by atoms with Gasteiger partial charge in [-0.25, -0.2) is 4.39 Å². The molecule has 0 heterocycles. The quantitative estimate of drug-likeness (QED) is 0.0570. The molecule has 0 bridgehead atoms. The van der Waals surface area contributed by atoms with Crippen molar-refractivity contribution in [2.45, 2.75) is 35.1 Å². The van der Waals surface area contributed by atoms with Crippen molar-refractivity contribution in [3.63, 3.8) is 0 Å². The molecule has 8 aromatic rings. The second-order valence-corrected chi connectivity index (χ2v) is 21.9. The Balaban J connectivity index is 0.000000227. The van der Waals surface area contributed by atoms with Crippen LogP contribution in [0.15, 0.2) is 153 Å².